The lowest BCUT2D eigenvalue weighted by Gasteiger charge is -2.16. The summed E-state index contributed by atoms with van der Waals surface area (Å²) in [6, 6.07) is 5.75. The number of nitrogens with one attached hydrogen (secondary N) is 1. The molecule has 0 amide bonds. The van der Waals surface area contributed by atoms with Crippen molar-refractivity contribution in [3.05, 3.63) is 29.8 Å². The molecule has 0 saturated carbocycles. The van der Waals surface area contributed by atoms with E-state index in [-0.39, 0.29) is 23.3 Å². The van der Waals surface area contributed by atoms with E-state index in [1.165, 1.54) is 12.1 Å². The van der Waals surface area contributed by atoms with E-state index in [0.717, 1.165) is 5.56 Å². The molecule has 1 aliphatic heterocycles. The summed E-state index contributed by atoms with van der Waals surface area (Å²) in [6.07, 6.45) is 0.589. The van der Waals surface area contributed by atoms with Crippen LogP contribution in [0.15, 0.2) is 24.3 Å². The first-order chi connectivity index (χ1) is 8.96. The Morgan fingerprint density at radius 3 is 2.58 bits per heavy atom. The molecule has 2 rings (SSSR count). The number of ether oxygens (including phenoxy) is 1. The first-order valence-electron chi connectivity index (χ1n) is 5.95. The summed E-state index contributed by atoms with van der Waals surface area (Å²) in [5.41, 5.74) is 0.757. The second-order valence-corrected chi connectivity index (χ2v) is 6.65. The normalized spacial score (nSPS) is 23.0. The maximum absolute atomic E-state index is 12.0. The second-order valence-electron chi connectivity index (χ2n) is 4.42. The first kappa shape index (κ1) is 14.2. The molecule has 0 radical (unpaired) electrons. The van der Waals surface area contributed by atoms with Crippen molar-refractivity contribution >= 4 is 9.84 Å². The Balaban J connectivity index is 2.12. The second kappa shape index (κ2) is 5.83. The number of hydrogen-bond acceptors (Lipinski definition) is 4. The van der Waals surface area contributed by atoms with Crippen LogP contribution < -0.4 is 10.1 Å². The van der Waals surface area contributed by atoms with Gasteiger partial charge in [-0.3, -0.25) is 0 Å². The van der Waals surface area contributed by atoms with Gasteiger partial charge < -0.3 is 10.1 Å². The van der Waals surface area contributed by atoms with Gasteiger partial charge in [0.1, 0.15) is 5.75 Å². The Morgan fingerprint density at radius 1 is 1.26 bits per heavy atom. The summed E-state index contributed by atoms with van der Waals surface area (Å²) >= 11 is 0. The average Bonchev–Trinajstić information content (AvgIpc) is 2.50. The van der Waals surface area contributed by atoms with Gasteiger partial charge in [0.2, 0.25) is 0 Å². The smallest absolute Gasteiger partial charge is 0.387 e. The summed E-state index contributed by atoms with van der Waals surface area (Å²) in [5, 5.41) is 3.15. The minimum Gasteiger partial charge on any atom is -0.435 e. The highest BCUT2D eigenvalue weighted by molar-refractivity contribution is 7.91. The number of rotatable bonds is 3. The number of sulfone groups is 1. The van der Waals surface area contributed by atoms with Gasteiger partial charge in [0.15, 0.2) is 9.84 Å². The lowest BCUT2D eigenvalue weighted by molar-refractivity contribution is -0.0498. The molecule has 1 aromatic rings. The van der Waals surface area contributed by atoms with Crippen LogP contribution in [0.4, 0.5) is 8.78 Å². The van der Waals surface area contributed by atoms with Crippen molar-refractivity contribution in [1.82, 2.24) is 5.32 Å². The zero-order valence-corrected chi connectivity index (χ0v) is 11.0. The van der Waals surface area contributed by atoms with E-state index in [2.05, 4.69) is 10.1 Å². The van der Waals surface area contributed by atoms with Gasteiger partial charge in [-0.25, -0.2) is 8.42 Å². The molecule has 1 unspecified atom stereocenters. The van der Waals surface area contributed by atoms with Crippen molar-refractivity contribution in [3.63, 3.8) is 0 Å². The largest absolute Gasteiger partial charge is 0.435 e. The van der Waals surface area contributed by atoms with Gasteiger partial charge in [0.25, 0.3) is 0 Å². The van der Waals surface area contributed by atoms with Crippen LogP contribution in [0.25, 0.3) is 0 Å². The number of halogens is 2. The van der Waals surface area contributed by atoms with Gasteiger partial charge in [-0.15, -0.1) is 0 Å². The molecule has 7 heteroatoms. The van der Waals surface area contributed by atoms with Crippen LogP contribution in [0.5, 0.6) is 5.75 Å². The fraction of sp³-hybridized carbons (Fsp3) is 0.500. The molecule has 1 N–H and O–H groups in total. The fourth-order valence-electron chi connectivity index (χ4n) is 2.06. The Morgan fingerprint density at radius 2 is 1.95 bits per heavy atom. The summed E-state index contributed by atoms with van der Waals surface area (Å²) in [6.45, 7) is -2.23. The molecular formula is C12H15F2NO3S. The highest BCUT2D eigenvalue weighted by Gasteiger charge is 2.23. The predicted molar refractivity (Wildman–Crippen MR) is 67.1 cm³/mol. The molecule has 1 saturated heterocycles. The molecular weight excluding hydrogens is 276 g/mol. The van der Waals surface area contributed by atoms with Crippen LogP contribution in [0.1, 0.15) is 18.0 Å². The minimum absolute atomic E-state index is 0.0298. The van der Waals surface area contributed by atoms with E-state index in [1.807, 2.05) is 0 Å². The van der Waals surface area contributed by atoms with E-state index in [9.17, 15) is 17.2 Å². The topological polar surface area (TPSA) is 55.4 Å². The monoisotopic (exact) mass is 291 g/mol. The highest BCUT2D eigenvalue weighted by Crippen LogP contribution is 2.22. The predicted octanol–water partition coefficient (Wildman–Crippen LogP) is 1.74. The Kier molecular flexibility index (Phi) is 4.36. The quantitative estimate of drug-likeness (QED) is 0.921. The highest BCUT2D eigenvalue weighted by atomic mass is 32.2. The third kappa shape index (κ3) is 4.14. The van der Waals surface area contributed by atoms with E-state index >= 15 is 0 Å². The fourth-order valence-corrected chi connectivity index (χ4v) is 3.63. The SMILES string of the molecule is O=S1(=O)CCCNC(c2ccc(OC(F)F)cc2)C1. The molecule has 0 bridgehead atoms. The van der Waals surface area contributed by atoms with Crippen molar-refractivity contribution in [3.8, 4) is 5.75 Å². The van der Waals surface area contributed by atoms with Gasteiger partial charge in [-0.1, -0.05) is 12.1 Å². The summed E-state index contributed by atoms with van der Waals surface area (Å²) < 4.78 is 51.7. The van der Waals surface area contributed by atoms with Gasteiger partial charge in [0.05, 0.1) is 11.5 Å². The molecule has 1 heterocycles. The Hall–Kier alpha value is -1.21. The molecule has 0 spiro atoms. The van der Waals surface area contributed by atoms with Crippen molar-refractivity contribution in [1.29, 1.82) is 0 Å². The summed E-state index contributed by atoms with van der Waals surface area (Å²) in [4.78, 5) is 0. The van der Waals surface area contributed by atoms with Crippen LogP contribution in [0.2, 0.25) is 0 Å². The molecule has 1 atom stereocenters. The van der Waals surface area contributed by atoms with Gasteiger partial charge >= 0.3 is 6.61 Å². The molecule has 0 aliphatic carbocycles. The van der Waals surface area contributed by atoms with Crippen LogP contribution in [0, 0.1) is 0 Å². The Labute approximate surface area is 110 Å². The van der Waals surface area contributed by atoms with Gasteiger partial charge in [-0.05, 0) is 30.7 Å². The zero-order valence-electron chi connectivity index (χ0n) is 10.2. The van der Waals surface area contributed by atoms with Crippen LogP contribution >= 0.6 is 0 Å². The van der Waals surface area contributed by atoms with Crippen molar-refractivity contribution < 1.29 is 21.9 Å². The molecule has 4 nitrogen and oxygen atoms in total. The van der Waals surface area contributed by atoms with Gasteiger partial charge in [0, 0.05) is 6.04 Å². The van der Waals surface area contributed by atoms with E-state index < -0.39 is 16.4 Å². The van der Waals surface area contributed by atoms with E-state index in [1.54, 1.807) is 12.1 Å². The lowest BCUT2D eigenvalue weighted by atomic mass is 10.1. The van der Waals surface area contributed by atoms with E-state index in [0.29, 0.717) is 13.0 Å². The van der Waals surface area contributed by atoms with Crippen molar-refractivity contribution in [2.45, 2.75) is 19.1 Å². The van der Waals surface area contributed by atoms with Gasteiger partial charge in [-0.2, -0.15) is 8.78 Å². The van der Waals surface area contributed by atoms with Crippen molar-refractivity contribution in [2.75, 3.05) is 18.1 Å². The van der Waals surface area contributed by atoms with E-state index in [4.69, 9.17) is 0 Å². The average molecular weight is 291 g/mol. The molecule has 0 aromatic heterocycles. The number of hydrogen-bond donors (Lipinski definition) is 1. The molecule has 1 aromatic carbocycles. The number of benzene rings is 1. The minimum atomic E-state index is -3.06. The number of alkyl halides is 2. The molecule has 106 valence electrons. The zero-order chi connectivity index (χ0) is 13.9. The molecule has 1 aliphatic rings. The summed E-state index contributed by atoms with van der Waals surface area (Å²) in [5.74, 6) is 0.278. The maximum atomic E-state index is 12.0. The van der Waals surface area contributed by atoms with Crippen LogP contribution in [0.3, 0.4) is 0 Å². The molecule has 19 heavy (non-hydrogen) atoms. The lowest BCUT2D eigenvalue weighted by Crippen LogP contribution is -2.25. The first-order valence-corrected chi connectivity index (χ1v) is 7.77. The Bertz CT molecular complexity index is 516. The van der Waals surface area contributed by atoms with Crippen LogP contribution in [-0.2, 0) is 9.84 Å². The maximum Gasteiger partial charge on any atom is 0.387 e. The standard InChI is InChI=1S/C12H15F2NO3S/c13-12(14)18-10-4-2-9(3-5-10)11-8-19(16,17)7-1-6-15-11/h2-5,11-12,15H,1,6-8H2. The van der Waals surface area contributed by atoms with Crippen LogP contribution in [-0.4, -0.2) is 33.1 Å². The molecule has 1 fully saturated rings. The summed E-state index contributed by atoms with van der Waals surface area (Å²) in [7, 11) is -3.06. The third-order valence-corrected chi connectivity index (χ3v) is 4.70. The van der Waals surface area contributed by atoms with Crippen molar-refractivity contribution in [2.24, 2.45) is 0 Å². The third-order valence-electron chi connectivity index (χ3n) is 2.95.